The molecule has 1 amide bonds. The van der Waals surface area contributed by atoms with Gasteiger partial charge in [-0.25, -0.2) is 0 Å². The molecule has 5 heteroatoms. The highest BCUT2D eigenvalue weighted by atomic mass is 127. The Hall–Kier alpha value is -0.590. The Morgan fingerprint density at radius 3 is 2.62 bits per heavy atom. The van der Waals surface area contributed by atoms with Gasteiger partial charge in [-0.15, -0.1) is 0 Å². The van der Waals surface area contributed by atoms with Crippen LogP contribution in [0.3, 0.4) is 0 Å². The van der Waals surface area contributed by atoms with Crippen LogP contribution >= 0.6 is 50.1 Å². The van der Waals surface area contributed by atoms with Gasteiger partial charge in [0, 0.05) is 19.1 Å². The molecule has 110 valence electrons. The van der Waals surface area contributed by atoms with Crippen LogP contribution in [0.2, 0.25) is 5.02 Å². The molecule has 0 aromatic heterocycles. The van der Waals surface area contributed by atoms with Crippen LogP contribution < -0.4 is 5.32 Å². The number of rotatable bonds is 4. The van der Waals surface area contributed by atoms with E-state index in [0.717, 1.165) is 14.5 Å². The lowest BCUT2D eigenvalue weighted by Gasteiger charge is -2.15. The molecule has 1 atom stereocenters. The number of hydrogen-bond donors (Lipinski definition) is 1. The predicted octanol–water partition coefficient (Wildman–Crippen LogP) is 5.07. The summed E-state index contributed by atoms with van der Waals surface area (Å²) in [6, 6.07) is 13.5. The van der Waals surface area contributed by atoms with Crippen molar-refractivity contribution in [3.8, 4) is 0 Å². The number of nitrogens with one attached hydrogen (secondary N) is 1. The highest BCUT2D eigenvalue weighted by molar-refractivity contribution is 14.1. The molecule has 0 saturated heterocycles. The normalized spacial score (nSPS) is 12.0. The Balaban J connectivity index is 2.01. The Labute approximate surface area is 151 Å². The molecule has 2 nitrogen and oxygen atoms in total. The van der Waals surface area contributed by atoms with Crippen molar-refractivity contribution in [1.29, 1.82) is 0 Å². The summed E-state index contributed by atoms with van der Waals surface area (Å²) in [6.07, 6.45) is 0.788. The largest absolute Gasteiger partial charge is 0.349 e. The average molecular weight is 479 g/mol. The van der Waals surface area contributed by atoms with Crippen LogP contribution in [0.15, 0.2) is 46.9 Å². The predicted molar refractivity (Wildman–Crippen MR) is 98.9 cm³/mol. The average Bonchev–Trinajstić information content (AvgIpc) is 2.44. The number of carbonyl (C=O) groups excluding carboxylic acids is 1. The molecule has 0 aliphatic carbocycles. The number of hydrogen-bond acceptors (Lipinski definition) is 1. The number of amides is 1. The number of halogens is 3. The third kappa shape index (κ3) is 4.97. The maximum absolute atomic E-state index is 12.3. The second-order valence-electron chi connectivity index (χ2n) is 4.83. The Morgan fingerprint density at radius 1 is 1.29 bits per heavy atom. The SMILES string of the molecule is CC(Cc1ccc(Br)cc1)NC(=O)c1cc(Cl)ccc1I. The van der Waals surface area contributed by atoms with Crippen molar-refractivity contribution in [3.05, 3.63) is 66.7 Å². The zero-order chi connectivity index (χ0) is 15.4. The smallest absolute Gasteiger partial charge is 0.252 e. The minimum absolute atomic E-state index is 0.0495. The van der Waals surface area contributed by atoms with Crippen molar-refractivity contribution < 1.29 is 4.79 Å². The van der Waals surface area contributed by atoms with Gasteiger partial charge in [0.1, 0.15) is 0 Å². The fraction of sp³-hybridized carbons (Fsp3) is 0.188. The topological polar surface area (TPSA) is 29.1 Å². The molecule has 21 heavy (non-hydrogen) atoms. The summed E-state index contributed by atoms with van der Waals surface area (Å²) in [5, 5.41) is 3.58. The highest BCUT2D eigenvalue weighted by Crippen LogP contribution is 2.18. The first-order chi connectivity index (χ1) is 9.95. The lowest BCUT2D eigenvalue weighted by molar-refractivity contribution is 0.0939. The molecule has 2 rings (SSSR count). The second-order valence-corrected chi connectivity index (χ2v) is 7.34. The first-order valence-corrected chi connectivity index (χ1v) is 8.71. The van der Waals surface area contributed by atoms with Gasteiger partial charge in [-0.1, -0.05) is 39.7 Å². The monoisotopic (exact) mass is 477 g/mol. The molecule has 2 aromatic rings. The van der Waals surface area contributed by atoms with Crippen LogP contribution in [0.5, 0.6) is 0 Å². The maximum Gasteiger partial charge on any atom is 0.252 e. The molecular formula is C16H14BrClINO. The zero-order valence-electron chi connectivity index (χ0n) is 11.4. The molecule has 0 spiro atoms. The van der Waals surface area contributed by atoms with E-state index >= 15 is 0 Å². The standard InChI is InChI=1S/C16H14BrClINO/c1-10(8-11-2-4-12(17)5-3-11)20-16(21)14-9-13(18)6-7-15(14)19/h2-7,9-10H,8H2,1H3,(H,20,21). The lowest BCUT2D eigenvalue weighted by Crippen LogP contribution is -2.34. The van der Waals surface area contributed by atoms with E-state index in [2.05, 4.69) is 56.0 Å². The van der Waals surface area contributed by atoms with Crippen molar-refractivity contribution >= 4 is 56.0 Å². The van der Waals surface area contributed by atoms with Gasteiger partial charge in [-0.05, 0) is 71.8 Å². The molecule has 0 aliphatic rings. The number of benzene rings is 2. The fourth-order valence-corrected chi connectivity index (χ4v) is 3.01. The van der Waals surface area contributed by atoms with Crippen molar-refractivity contribution in [2.24, 2.45) is 0 Å². The summed E-state index contributed by atoms with van der Waals surface area (Å²) in [6.45, 7) is 2.00. The molecule has 1 unspecified atom stereocenters. The van der Waals surface area contributed by atoms with E-state index < -0.39 is 0 Å². The Kier molecular flexibility index (Phi) is 6.08. The molecule has 1 N–H and O–H groups in total. The molecule has 0 saturated carbocycles. The van der Waals surface area contributed by atoms with Gasteiger partial charge < -0.3 is 5.32 Å². The third-order valence-electron chi connectivity index (χ3n) is 3.01. The van der Waals surface area contributed by atoms with Gasteiger partial charge in [-0.3, -0.25) is 4.79 Å². The molecule has 0 bridgehead atoms. The van der Waals surface area contributed by atoms with Gasteiger partial charge >= 0.3 is 0 Å². The first kappa shape index (κ1) is 16.8. The van der Waals surface area contributed by atoms with E-state index in [0.29, 0.717) is 10.6 Å². The van der Waals surface area contributed by atoms with Crippen LogP contribution in [-0.4, -0.2) is 11.9 Å². The zero-order valence-corrected chi connectivity index (χ0v) is 15.9. The van der Waals surface area contributed by atoms with Crippen LogP contribution in [0.4, 0.5) is 0 Å². The van der Waals surface area contributed by atoms with E-state index in [4.69, 9.17) is 11.6 Å². The van der Waals surface area contributed by atoms with Gasteiger partial charge in [0.15, 0.2) is 0 Å². The van der Waals surface area contributed by atoms with Crippen molar-refractivity contribution in [2.75, 3.05) is 0 Å². The summed E-state index contributed by atoms with van der Waals surface area (Å²) in [5.41, 5.74) is 1.80. The van der Waals surface area contributed by atoms with Crippen LogP contribution in [-0.2, 0) is 6.42 Å². The van der Waals surface area contributed by atoms with Crippen molar-refractivity contribution in [3.63, 3.8) is 0 Å². The first-order valence-electron chi connectivity index (χ1n) is 6.46. The van der Waals surface area contributed by atoms with E-state index in [-0.39, 0.29) is 11.9 Å². The third-order valence-corrected chi connectivity index (χ3v) is 4.71. The molecule has 0 aliphatic heterocycles. The summed E-state index contributed by atoms with van der Waals surface area (Å²) in [5.74, 6) is -0.0912. The van der Waals surface area contributed by atoms with E-state index in [9.17, 15) is 4.79 Å². The van der Waals surface area contributed by atoms with Crippen molar-refractivity contribution in [2.45, 2.75) is 19.4 Å². The molecular weight excluding hydrogens is 464 g/mol. The fourth-order valence-electron chi connectivity index (χ4n) is 2.00. The van der Waals surface area contributed by atoms with E-state index in [1.54, 1.807) is 12.1 Å². The van der Waals surface area contributed by atoms with Crippen molar-refractivity contribution in [1.82, 2.24) is 5.32 Å². The van der Waals surface area contributed by atoms with Gasteiger partial charge in [0.25, 0.3) is 5.91 Å². The van der Waals surface area contributed by atoms with Crippen LogP contribution in [0, 0.1) is 3.57 Å². The van der Waals surface area contributed by atoms with E-state index in [1.165, 1.54) is 5.56 Å². The highest BCUT2D eigenvalue weighted by Gasteiger charge is 2.13. The quantitative estimate of drug-likeness (QED) is 0.611. The Morgan fingerprint density at radius 2 is 1.95 bits per heavy atom. The minimum atomic E-state index is -0.0912. The van der Waals surface area contributed by atoms with Gasteiger partial charge in [0.05, 0.1) is 5.56 Å². The molecule has 0 heterocycles. The summed E-state index contributed by atoms with van der Waals surface area (Å²) in [7, 11) is 0. The number of carbonyl (C=O) groups is 1. The Bertz CT molecular complexity index is 645. The van der Waals surface area contributed by atoms with Gasteiger partial charge in [0.2, 0.25) is 0 Å². The molecule has 2 aromatic carbocycles. The van der Waals surface area contributed by atoms with Gasteiger partial charge in [-0.2, -0.15) is 0 Å². The second kappa shape index (κ2) is 7.61. The summed E-state index contributed by atoms with van der Waals surface area (Å²) in [4.78, 5) is 12.3. The van der Waals surface area contributed by atoms with E-state index in [1.807, 2.05) is 25.1 Å². The summed E-state index contributed by atoms with van der Waals surface area (Å²) < 4.78 is 1.95. The molecule has 0 fully saturated rings. The maximum atomic E-state index is 12.3. The minimum Gasteiger partial charge on any atom is -0.349 e. The molecule has 0 radical (unpaired) electrons. The van der Waals surface area contributed by atoms with Crippen LogP contribution in [0.25, 0.3) is 0 Å². The lowest BCUT2D eigenvalue weighted by atomic mass is 10.1. The summed E-state index contributed by atoms with van der Waals surface area (Å²) >= 11 is 11.5. The van der Waals surface area contributed by atoms with Crippen LogP contribution in [0.1, 0.15) is 22.8 Å².